The average Bonchev–Trinajstić information content (AvgIpc) is 2.89. The topological polar surface area (TPSA) is 68.7 Å². The van der Waals surface area contributed by atoms with Gasteiger partial charge in [-0.3, -0.25) is 19.5 Å². The van der Waals surface area contributed by atoms with Crippen LogP contribution in [0.2, 0.25) is 0 Å². The summed E-state index contributed by atoms with van der Waals surface area (Å²) >= 11 is 0. The lowest BCUT2D eigenvalue weighted by Crippen LogP contribution is -2.42. The lowest BCUT2D eigenvalue weighted by molar-refractivity contribution is -0.120. The summed E-state index contributed by atoms with van der Waals surface area (Å²) < 4.78 is 11.0. The highest BCUT2D eigenvalue weighted by atomic mass is 16.5. The molecule has 2 unspecified atom stereocenters. The molecule has 1 amide bonds. The van der Waals surface area contributed by atoms with Crippen LogP contribution in [0.1, 0.15) is 42.2 Å². The number of carbonyl (C=O) groups excluding carboxylic acids is 2. The minimum Gasteiger partial charge on any atom is -0.497 e. The zero-order valence-electron chi connectivity index (χ0n) is 19.2. The number of benzene rings is 2. The molecule has 1 aromatic heterocycles. The fourth-order valence-corrected chi connectivity index (χ4v) is 5.11. The number of rotatable bonds is 5. The monoisotopic (exact) mass is 454 g/mol. The summed E-state index contributed by atoms with van der Waals surface area (Å²) in [5, 5.41) is 0. The largest absolute Gasteiger partial charge is 0.497 e. The number of hydrogen-bond donors (Lipinski definition) is 0. The van der Waals surface area contributed by atoms with Crippen LogP contribution in [0.3, 0.4) is 0 Å². The molecule has 2 aromatic carbocycles. The molecule has 0 radical (unpaired) electrons. The van der Waals surface area contributed by atoms with Gasteiger partial charge >= 0.3 is 0 Å². The quantitative estimate of drug-likeness (QED) is 0.542. The van der Waals surface area contributed by atoms with E-state index in [0.29, 0.717) is 35.6 Å². The number of nitrogens with zero attached hydrogens (tertiary/aromatic N) is 2. The zero-order valence-corrected chi connectivity index (χ0v) is 19.2. The smallest absolute Gasteiger partial charge is 0.232 e. The molecular weight excluding hydrogens is 428 g/mol. The Balaban J connectivity index is 1.67. The van der Waals surface area contributed by atoms with E-state index in [0.717, 1.165) is 16.8 Å². The standard InChI is InChI=1S/C28H26N2O4/c1-33-21-10-11-23(26(15-21)34-2)30-24-13-20(18-7-4-3-5-8-18)14-25(31)28(24)22(16-27(30)32)19-9-6-12-29-17-19/h3-12,15,17,20,22H,13-14,16H2,1-2H3. The van der Waals surface area contributed by atoms with Gasteiger partial charge < -0.3 is 9.47 Å². The van der Waals surface area contributed by atoms with Gasteiger partial charge in [0, 0.05) is 48.5 Å². The van der Waals surface area contributed by atoms with E-state index in [4.69, 9.17) is 9.47 Å². The normalized spacial score (nSPS) is 20.2. The maximum Gasteiger partial charge on any atom is 0.232 e. The second-order valence-corrected chi connectivity index (χ2v) is 8.61. The average molecular weight is 455 g/mol. The van der Waals surface area contributed by atoms with E-state index in [9.17, 15) is 9.59 Å². The van der Waals surface area contributed by atoms with Crippen molar-refractivity contribution in [1.29, 1.82) is 0 Å². The van der Waals surface area contributed by atoms with Crippen LogP contribution in [0, 0.1) is 0 Å². The Morgan fingerprint density at radius 1 is 0.882 bits per heavy atom. The second-order valence-electron chi connectivity index (χ2n) is 8.61. The number of ketones is 1. The van der Waals surface area contributed by atoms with Crippen molar-refractivity contribution in [3.8, 4) is 11.5 Å². The van der Waals surface area contributed by atoms with E-state index in [2.05, 4.69) is 4.98 Å². The Kier molecular flexibility index (Phi) is 5.88. The van der Waals surface area contributed by atoms with Crippen molar-refractivity contribution in [3.05, 3.63) is 95.5 Å². The summed E-state index contributed by atoms with van der Waals surface area (Å²) in [7, 11) is 3.16. The molecule has 172 valence electrons. The van der Waals surface area contributed by atoms with E-state index >= 15 is 0 Å². The predicted molar refractivity (Wildman–Crippen MR) is 129 cm³/mol. The summed E-state index contributed by atoms with van der Waals surface area (Å²) in [4.78, 5) is 33.3. The molecule has 1 aliphatic heterocycles. The van der Waals surface area contributed by atoms with Gasteiger partial charge in [0.25, 0.3) is 0 Å². The van der Waals surface area contributed by atoms with E-state index in [1.807, 2.05) is 48.5 Å². The van der Waals surface area contributed by atoms with E-state index < -0.39 is 0 Å². The lowest BCUT2D eigenvalue weighted by Gasteiger charge is -2.40. The van der Waals surface area contributed by atoms with Gasteiger partial charge in [-0.05, 0) is 41.7 Å². The summed E-state index contributed by atoms with van der Waals surface area (Å²) in [6.45, 7) is 0. The first kappa shape index (κ1) is 21.9. The minimum atomic E-state index is -0.305. The molecule has 34 heavy (non-hydrogen) atoms. The fourth-order valence-electron chi connectivity index (χ4n) is 5.11. The molecule has 0 saturated heterocycles. The Bertz CT molecular complexity index is 1250. The molecule has 0 fully saturated rings. The van der Waals surface area contributed by atoms with Gasteiger partial charge in [-0.15, -0.1) is 0 Å². The van der Waals surface area contributed by atoms with E-state index in [-0.39, 0.29) is 29.9 Å². The first-order valence-electron chi connectivity index (χ1n) is 11.4. The second kappa shape index (κ2) is 9.14. The maximum atomic E-state index is 13.7. The third-order valence-electron chi connectivity index (χ3n) is 6.71. The summed E-state index contributed by atoms with van der Waals surface area (Å²) in [6.07, 6.45) is 4.65. The third kappa shape index (κ3) is 3.85. The van der Waals surface area contributed by atoms with Crippen molar-refractivity contribution in [2.75, 3.05) is 19.1 Å². The van der Waals surface area contributed by atoms with Crippen LogP contribution in [0.4, 0.5) is 5.69 Å². The van der Waals surface area contributed by atoms with Gasteiger partial charge in [0.1, 0.15) is 11.5 Å². The number of Topliss-reactive ketones (excluding diaryl/α,β-unsaturated/α-hetero) is 1. The highest BCUT2D eigenvalue weighted by Crippen LogP contribution is 2.48. The zero-order chi connectivity index (χ0) is 23.7. The first-order chi connectivity index (χ1) is 16.6. The Labute approximate surface area is 198 Å². The number of anilines is 1. The molecule has 3 aromatic rings. The molecule has 0 bridgehead atoms. The molecule has 1 aliphatic carbocycles. The molecule has 2 atom stereocenters. The van der Waals surface area contributed by atoms with E-state index in [1.165, 1.54) is 0 Å². The van der Waals surface area contributed by atoms with Crippen LogP contribution in [-0.2, 0) is 9.59 Å². The molecule has 0 N–H and O–H groups in total. The number of hydrogen-bond acceptors (Lipinski definition) is 5. The minimum absolute atomic E-state index is 0.000332. The molecule has 6 heteroatoms. The Morgan fingerprint density at radius 3 is 2.38 bits per heavy atom. The van der Waals surface area contributed by atoms with Crippen molar-refractivity contribution in [2.24, 2.45) is 0 Å². The number of amides is 1. The highest BCUT2D eigenvalue weighted by Gasteiger charge is 2.43. The van der Waals surface area contributed by atoms with Crippen LogP contribution in [0.15, 0.2) is 84.3 Å². The maximum absolute atomic E-state index is 13.7. The van der Waals surface area contributed by atoms with Gasteiger partial charge in [0.05, 0.1) is 19.9 Å². The van der Waals surface area contributed by atoms with Crippen molar-refractivity contribution < 1.29 is 19.1 Å². The van der Waals surface area contributed by atoms with E-state index in [1.54, 1.807) is 43.6 Å². The molecule has 0 spiro atoms. The van der Waals surface area contributed by atoms with Gasteiger partial charge in [0.2, 0.25) is 5.91 Å². The van der Waals surface area contributed by atoms with Crippen LogP contribution in [-0.4, -0.2) is 30.9 Å². The number of ether oxygens (including phenoxy) is 2. The van der Waals surface area contributed by atoms with Crippen molar-refractivity contribution >= 4 is 17.4 Å². The molecular formula is C28H26N2O4. The first-order valence-corrected chi connectivity index (χ1v) is 11.4. The number of pyridine rings is 1. The highest BCUT2D eigenvalue weighted by molar-refractivity contribution is 6.08. The number of methoxy groups -OCH3 is 2. The van der Waals surface area contributed by atoms with Crippen LogP contribution >= 0.6 is 0 Å². The Morgan fingerprint density at radius 2 is 1.68 bits per heavy atom. The Hall–Kier alpha value is -3.93. The lowest BCUT2D eigenvalue weighted by atomic mass is 9.73. The molecule has 2 heterocycles. The molecule has 0 saturated carbocycles. The number of allylic oxidation sites excluding steroid dienone is 2. The number of aromatic nitrogens is 1. The molecule has 6 nitrogen and oxygen atoms in total. The van der Waals surface area contributed by atoms with Crippen LogP contribution in [0.5, 0.6) is 11.5 Å². The summed E-state index contributed by atoms with van der Waals surface area (Å²) in [5.41, 5.74) is 4.06. The van der Waals surface area contributed by atoms with Gasteiger partial charge in [-0.2, -0.15) is 0 Å². The van der Waals surface area contributed by atoms with Crippen LogP contribution < -0.4 is 14.4 Å². The SMILES string of the molecule is COc1ccc(N2C(=O)CC(c3cccnc3)C3=C2CC(c2ccccc2)CC3=O)c(OC)c1. The molecule has 5 rings (SSSR count). The van der Waals surface area contributed by atoms with Crippen molar-refractivity contribution in [1.82, 2.24) is 4.98 Å². The fraction of sp³-hybridized carbons (Fsp3) is 0.250. The summed E-state index contributed by atoms with van der Waals surface area (Å²) in [6, 6.07) is 19.2. The van der Waals surface area contributed by atoms with Crippen molar-refractivity contribution in [3.63, 3.8) is 0 Å². The van der Waals surface area contributed by atoms with Gasteiger partial charge in [-0.25, -0.2) is 0 Å². The van der Waals surface area contributed by atoms with Gasteiger partial charge in [0.15, 0.2) is 5.78 Å². The molecule has 2 aliphatic rings. The van der Waals surface area contributed by atoms with Gasteiger partial charge in [-0.1, -0.05) is 36.4 Å². The summed E-state index contributed by atoms with van der Waals surface area (Å²) in [5.74, 6) is 0.857. The third-order valence-corrected chi connectivity index (χ3v) is 6.71. The number of carbonyl (C=O) groups is 2. The predicted octanol–water partition coefficient (Wildman–Crippen LogP) is 5.02. The van der Waals surface area contributed by atoms with Crippen LogP contribution in [0.25, 0.3) is 0 Å². The van der Waals surface area contributed by atoms with Crippen molar-refractivity contribution in [2.45, 2.75) is 31.1 Å².